The summed E-state index contributed by atoms with van der Waals surface area (Å²) >= 11 is 0. The fourth-order valence-electron chi connectivity index (χ4n) is 2.64. The molecular formula is C17H23N3O3. The van der Waals surface area contributed by atoms with Gasteiger partial charge in [0.2, 0.25) is 11.8 Å². The normalized spacial score (nSPS) is 19.1. The van der Waals surface area contributed by atoms with Gasteiger partial charge in [-0.05, 0) is 25.5 Å². The molecule has 1 aromatic carbocycles. The molecule has 0 aliphatic carbocycles. The number of nitrogens with zero attached hydrogens (tertiary/aromatic N) is 1. The lowest BCUT2D eigenvalue weighted by atomic mass is 10.1. The standard InChI is InChI=1S/C17H23N3O3/c1-12(18-17(23)13-6-4-3-5-7-13)10-15(21)19-14-8-9-16(22)20(2)11-14/h3-7,12,14H,8-11H2,1-2H3,(H,18,23)(H,19,21). The van der Waals surface area contributed by atoms with Gasteiger partial charge in [-0.25, -0.2) is 0 Å². The van der Waals surface area contributed by atoms with Crippen LogP contribution in [0.4, 0.5) is 0 Å². The van der Waals surface area contributed by atoms with E-state index in [1.54, 1.807) is 43.1 Å². The summed E-state index contributed by atoms with van der Waals surface area (Å²) in [6, 6.07) is 8.64. The van der Waals surface area contributed by atoms with Crippen LogP contribution in [0.3, 0.4) is 0 Å². The minimum absolute atomic E-state index is 0.0118. The molecule has 124 valence electrons. The maximum absolute atomic E-state index is 12.1. The molecule has 3 amide bonds. The van der Waals surface area contributed by atoms with E-state index in [1.165, 1.54) is 0 Å². The number of likely N-dealkylation sites (tertiary alicyclic amines) is 1. The van der Waals surface area contributed by atoms with Crippen LogP contribution in [-0.4, -0.2) is 48.3 Å². The molecule has 1 saturated heterocycles. The van der Waals surface area contributed by atoms with Crippen LogP contribution in [0.15, 0.2) is 30.3 Å². The highest BCUT2D eigenvalue weighted by atomic mass is 16.2. The zero-order valence-electron chi connectivity index (χ0n) is 13.5. The van der Waals surface area contributed by atoms with E-state index in [2.05, 4.69) is 10.6 Å². The zero-order chi connectivity index (χ0) is 16.8. The Hall–Kier alpha value is -2.37. The summed E-state index contributed by atoms with van der Waals surface area (Å²) in [5, 5.41) is 5.75. The number of hydrogen-bond acceptors (Lipinski definition) is 3. The molecule has 23 heavy (non-hydrogen) atoms. The van der Waals surface area contributed by atoms with Crippen LogP contribution in [0.2, 0.25) is 0 Å². The average Bonchev–Trinajstić information content (AvgIpc) is 2.51. The van der Waals surface area contributed by atoms with Gasteiger partial charge in [-0.2, -0.15) is 0 Å². The van der Waals surface area contributed by atoms with E-state index >= 15 is 0 Å². The smallest absolute Gasteiger partial charge is 0.251 e. The van der Waals surface area contributed by atoms with E-state index in [0.717, 1.165) is 0 Å². The first-order valence-corrected chi connectivity index (χ1v) is 7.85. The Kier molecular flexibility index (Phi) is 5.73. The monoisotopic (exact) mass is 317 g/mol. The Labute approximate surface area is 136 Å². The largest absolute Gasteiger partial charge is 0.352 e. The number of carbonyl (C=O) groups excluding carboxylic acids is 3. The summed E-state index contributed by atoms with van der Waals surface area (Å²) in [7, 11) is 1.74. The maximum Gasteiger partial charge on any atom is 0.251 e. The van der Waals surface area contributed by atoms with Crippen molar-refractivity contribution in [2.45, 2.75) is 38.3 Å². The number of rotatable bonds is 5. The highest BCUT2D eigenvalue weighted by Gasteiger charge is 2.24. The molecule has 1 heterocycles. The topological polar surface area (TPSA) is 78.5 Å². The first-order chi connectivity index (χ1) is 11.0. The van der Waals surface area contributed by atoms with E-state index < -0.39 is 0 Å². The summed E-state index contributed by atoms with van der Waals surface area (Å²) < 4.78 is 0. The molecule has 2 rings (SSSR count). The number of amides is 3. The van der Waals surface area contributed by atoms with Crippen LogP contribution in [-0.2, 0) is 9.59 Å². The summed E-state index contributed by atoms with van der Waals surface area (Å²) in [5.74, 6) is -0.188. The van der Waals surface area contributed by atoms with E-state index in [-0.39, 0.29) is 36.2 Å². The highest BCUT2D eigenvalue weighted by Crippen LogP contribution is 2.10. The van der Waals surface area contributed by atoms with Crippen LogP contribution in [0.5, 0.6) is 0 Å². The third-order valence-electron chi connectivity index (χ3n) is 3.90. The number of likely N-dealkylation sites (N-methyl/N-ethyl adjacent to an activating group) is 1. The summed E-state index contributed by atoms with van der Waals surface area (Å²) in [6.45, 7) is 2.34. The van der Waals surface area contributed by atoms with Crippen molar-refractivity contribution in [3.05, 3.63) is 35.9 Å². The molecule has 0 radical (unpaired) electrons. The van der Waals surface area contributed by atoms with Gasteiger partial charge in [-0.15, -0.1) is 0 Å². The predicted octanol–water partition coefficient (Wildman–Crippen LogP) is 0.932. The van der Waals surface area contributed by atoms with Crippen LogP contribution < -0.4 is 10.6 Å². The fourth-order valence-corrected chi connectivity index (χ4v) is 2.64. The van der Waals surface area contributed by atoms with E-state index in [9.17, 15) is 14.4 Å². The van der Waals surface area contributed by atoms with Gasteiger partial charge in [0.05, 0.1) is 0 Å². The summed E-state index contributed by atoms with van der Waals surface area (Å²) in [4.78, 5) is 37.1. The van der Waals surface area contributed by atoms with Gasteiger partial charge >= 0.3 is 0 Å². The van der Waals surface area contributed by atoms with Gasteiger partial charge in [0.15, 0.2) is 0 Å². The molecule has 1 aliphatic rings. The van der Waals surface area contributed by atoms with Crippen LogP contribution >= 0.6 is 0 Å². The van der Waals surface area contributed by atoms with Gasteiger partial charge in [0, 0.05) is 44.1 Å². The van der Waals surface area contributed by atoms with Crippen LogP contribution in [0.25, 0.3) is 0 Å². The average molecular weight is 317 g/mol. The van der Waals surface area contributed by atoms with Crippen molar-refractivity contribution in [1.82, 2.24) is 15.5 Å². The molecule has 2 atom stereocenters. The lowest BCUT2D eigenvalue weighted by Gasteiger charge is -2.30. The minimum Gasteiger partial charge on any atom is -0.352 e. The molecule has 6 heteroatoms. The van der Waals surface area contributed by atoms with Crippen molar-refractivity contribution in [2.24, 2.45) is 0 Å². The van der Waals surface area contributed by atoms with Gasteiger partial charge < -0.3 is 15.5 Å². The summed E-state index contributed by atoms with van der Waals surface area (Å²) in [5.41, 5.74) is 0.576. The molecule has 0 saturated carbocycles. The van der Waals surface area contributed by atoms with Gasteiger partial charge in [-0.1, -0.05) is 18.2 Å². The van der Waals surface area contributed by atoms with Crippen LogP contribution in [0, 0.1) is 0 Å². The molecular weight excluding hydrogens is 294 g/mol. The zero-order valence-corrected chi connectivity index (χ0v) is 13.5. The molecule has 6 nitrogen and oxygen atoms in total. The molecule has 2 N–H and O–H groups in total. The first-order valence-electron chi connectivity index (χ1n) is 7.85. The lowest BCUT2D eigenvalue weighted by molar-refractivity contribution is -0.134. The number of nitrogens with one attached hydrogen (secondary N) is 2. The van der Waals surface area contributed by atoms with E-state index in [4.69, 9.17) is 0 Å². The Bertz CT molecular complexity index is 574. The third kappa shape index (κ3) is 5.09. The number of benzene rings is 1. The van der Waals surface area contributed by atoms with E-state index in [0.29, 0.717) is 24.9 Å². The van der Waals surface area contributed by atoms with Gasteiger partial charge in [0.1, 0.15) is 0 Å². The molecule has 1 fully saturated rings. The second-order valence-corrected chi connectivity index (χ2v) is 6.02. The van der Waals surface area contributed by atoms with Crippen molar-refractivity contribution in [3.63, 3.8) is 0 Å². The van der Waals surface area contributed by atoms with Crippen LogP contribution in [0.1, 0.15) is 36.5 Å². The maximum atomic E-state index is 12.1. The quantitative estimate of drug-likeness (QED) is 0.848. The Morgan fingerprint density at radius 2 is 2.00 bits per heavy atom. The Morgan fingerprint density at radius 1 is 1.30 bits per heavy atom. The van der Waals surface area contributed by atoms with Gasteiger partial charge in [-0.3, -0.25) is 14.4 Å². The van der Waals surface area contributed by atoms with Crippen molar-refractivity contribution in [3.8, 4) is 0 Å². The number of carbonyl (C=O) groups is 3. The number of piperidine rings is 1. The second-order valence-electron chi connectivity index (χ2n) is 6.02. The first kappa shape index (κ1) is 17.0. The van der Waals surface area contributed by atoms with Crippen molar-refractivity contribution >= 4 is 17.7 Å². The fraction of sp³-hybridized carbons (Fsp3) is 0.471. The van der Waals surface area contributed by atoms with Crippen molar-refractivity contribution < 1.29 is 14.4 Å². The molecule has 1 aromatic rings. The van der Waals surface area contributed by atoms with Crippen molar-refractivity contribution in [2.75, 3.05) is 13.6 Å². The SMILES string of the molecule is CC(CC(=O)NC1CCC(=O)N(C)C1)NC(=O)c1ccccc1. The van der Waals surface area contributed by atoms with Gasteiger partial charge in [0.25, 0.3) is 5.91 Å². The highest BCUT2D eigenvalue weighted by molar-refractivity contribution is 5.94. The summed E-state index contributed by atoms with van der Waals surface area (Å²) in [6.07, 6.45) is 1.34. The predicted molar refractivity (Wildman–Crippen MR) is 86.8 cm³/mol. The second kappa shape index (κ2) is 7.76. The lowest BCUT2D eigenvalue weighted by Crippen LogP contribution is -2.49. The molecule has 0 spiro atoms. The molecule has 2 unspecified atom stereocenters. The third-order valence-corrected chi connectivity index (χ3v) is 3.90. The minimum atomic E-state index is -0.259. The molecule has 0 aromatic heterocycles. The molecule has 0 bridgehead atoms. The Morgan fingerprint density at radius 3 is 2.65 bits per heavy atom. The van der Waals surface area contributed by atoms with Crippen molar-refractivity contribution in [1.29, 1.82) is 0 Å². The van der Waals surface area contributed by atoms with E-state index in [1.807, 2.05) is 6.07 Å². The Balaban J connectivity index is 1.76. The molecule has 1 aliphatic heterocycles. The number of hydrogen-bond donors (Lipinski definition) is 2.